The maximum Gasteiger partial charge on any atom is 0.256 e. The Labute approximate surface area is 207 Å². The third-order valence-electron chi connectivity index (χ3n) is 6.52. The van der Waals surface area contributed by atoms with E-state index in [9.17, 15) is 13.2 Å². The Morgan fingerprint density at radius 1 is 1.26 bits per heavy atom. The lowest BCUT2D eigenvalue weighted by Crippen LogP contribution is -2.47. The minimum absolute atomic E-state index is 0.0346. The summed E-state index contributed by atoms with van der Waals surface area (Å²) in [6.07, 6.45) is 7.44. The molecule has 35 heavy (non-hydrogen) atoms. The van der Waals surface area contributed by atoms with Crippen molar-refractivity contribution >= 4 is 38.3 Å². The number of nitrogens with zero attached hydrogens (tertiary/aromatic N) is 3. The van der Waals surface area contributed by atoms with Gasteiger partial charge in [-0.25, -0.2) is 13.4 Å². The summed E-state index contributed by atoms with van der Waals surface area (Å²) in [7, 11) is -3.40. The van der Waals surface area contributed by atoms with Crippen LogP contribution in [0.3, 0.4) is 0 Å². The first-order valence-electron chi connectivity index (χ1n) is 12.2. The van der Waals surface area contributed by atoms with Gasteiger partial charge in [-0.3, -0.25) is 9.52 Å². The number of aromatic amines is 1. The molecule has 3 heterocycles. The van der Waals surface area contributed by atoms with E-state index < -0.39 is 10.0 Å². The molecule has 0 unspecified atom stereocenters. The van der Waals surface area contributed by atoms with Crippen LogP contribution in [0, 0.1) is 5.92 Å². The molecule has 1 amide bonds. The molecule has 0 saturated carbocycles. The van der Waals surface area contributed by atoms with Crippen LogP contribution in [0.5, 0.6) is 0 Å². The van der Waals surface area contributed by atoms with Gasteiger partial charge in [-0.05, 0) is 61.9 Å². The number of pyridine rings is 1. The number of hydrogen-bond donors (Lipinski definition) is 2. The molecular formula is C26H35N5O3S. The summed E-state index contributed by atoms with van der Waals surface area (Å²) in [5, 5.41) is 0.716. The third-order valence-corrected chi connectivity index (χ3v) is 7.12. The van der Waals surface area contributed by atoms with Crippen molar-refractivity contribution in [3.05, 3.63) is 53.9 Å². The second kappa shape index (κ2) is 10.3. The van der Waals surface area contributed by atoms with Crippen LogP contribution in [0.4, 0.5) is 11.5 Å². The number of H-pyrrole nitrogens is 1. The second-order valence-electron chi connectivity index (χ2n) is 9.73. The highest BCUT2D eigenvalue weighted by molar-refractivity contribution is 7.92. The Kier molecular flexibility index (Phi) is 7.35. The van der Waals surface area contributed by atoms with Gasteiger partial charge in [0.15, 0.2) is 0 Å². The molecule has 188 valence electrons. The molecule has 3 aromatic rings. The van der Waals surface area contributed by atoms with Gasteiger partial charge >= 0.3 is 0 Å². The van der Waals surface area contributed by atoms with Gasteiger partial charge < -0.3 is 14.8 Å². The number of sulfonamides is 1. The van der Waals surface area contributed by atoms with E-state index in [2.05, 4.69) is 41.4 Å². The Morgan fingerprint density at radius 2 is 2.00 bits per heavy atom. The SMILES string of the molecule is CCN(c1ncccc1CC(C)C)C1CCN(C(=O)c2c[nH]c3ccc(NS(C)(=O)=O)cc23)CC1. The number of benzene rings is 1. The first-order chi connectivity index (χ1) is 16.7. The lowest BCUT2D eigenvalue weighted by Gasteiger charge is -2.39. The minimum atomic E-state index is -3.40. The molecule has 1 aliphatic rings. The Bertz CT molecular complexity index is 1290. The predicted octanol–water partition coefficient (Wildman–Crippen LogP) is 4.26. The van der Waals surface area contributed by atoms with Crippen LogP contribution in [0.25, 0.3) is 10.9 Å². The molecule has 2 N–H and O–H groups in total. The van der Waals surface area contributed by atoms with Gasteiger partial charge in [0.25, 0.3) is 5.91 Å². The van der Waals surface area contributed by atoms with E-state index in [1.165, 1.54) is 5.56 Å². The zero-order chi connectivity index (χ0) is 25.2. The molecule has 1 aromatic carbocycles. The topological polar surface area (TPSA) is 98.4 Å². The summed E-state index contributed by atoms with van der Waals surface area (Å²) in [6.45, 7) is 8.82. The monoisotopic (exact) mass is 497 g/mol. The van der Waals surface area contributed by atoms with Crippen LogP contribution in [0.2, 0.25) is 0 Å². The van der Waals surface area contributed by atoms with Gasteiger partial charge in [-0.2, -0.15) is 0 Å². The molecule has 9 heteroatoms. The molecular weight excluding hydrogens is 462 g/mol. The Balaban J connectivity index is 1.48. The molecule has 4 rings (SSSR count). The standard InChI is InChI=1S/C26H35N5O3S/c1-5-31(25-19(15-18(2)3)7-6-12-27-25)21-10-13-30(14-11-21)26(32)23-17-28-24-9-8-20(16-22(23)24)29-35(4,33)34/h6-9,12,16-18,21,28-29H,5,10-11,13-15H2,1-4H3. The van der Waals surface area contributed by atoms with Crippen LogP contribution in [-0.4, -0.2) is 61.1 Å². The van der Waals surface area contributed by atoms with E-state index in [-0.39, 0.29) is 5.91 Å². The quantitative estimate of drug-likeness (QED) is 0.484. The largest absolute Gasteiger partial charge is 0.360 e. The number of carbonyl (C=O) groups excluding carboxylic acids is 1. The van der Waals surface area contributed by atoms with E-state index in [0.717, 1.165) is 43.4 Å². The Morgan fingerprint density at radius 3 is 2.66 bits per heavy atom. The van der Waals surface area contributed by atoms with Crippen molar-refractivity contribution in [1.29, 1.82) is 0 Å². The van der Waals surface area contributed by atoms with Gasteiger partial charge in [0.2, 0.25) is 10.0 Å². The zero-order valence-electron chi connectivity index (χ0n) is 20.9. The summed E-state index contributed by atoms with van der Waals surface area (Å²) in [4.78, 5) is 25.6. The van der Waals surface area contributed by atoms with Crippen LogP contribution in [0.15, 0.2) is 42.7 Å². The smallest absolute Gasteiger partial charge is 0.256 e. The molecule has 0 aliphatic carbocycles. The first-order valence-corrected chi connectivity index (χ1v) is 14.1. The minimum Gasteiger partial charge on any atom is -0.360 e. The highest BCUT2D eigenvalue weighted by Crippen LogP contribution is 2.29. The maximum absolute atomic E-state index is 13.4. The molecule has 0 atom stereocenters. The summed E-state index contributed by atoms with van der Waals surface area (Å²) in [6, 6.07) is 9.69. The van der Waals surface area contributed by atoms with Crippen molar-refractivity contribution in [1.82, 2.24) is 14.9 Å². The predicted molar refractivity (Wildman–Crippen MR) is 141 cm³/mol. The third kappa shape index (κ3) is 5.78. The lowest BCUT2D eigenvalue weighted by atomic mass is 9.99. The molecule has 1 fully saturated rings. The fraction of sp³-hybridized carbons (Fsp3) is 0.462. The molecule has 1 saturated heterocycles. The average Bonchev–Trinajstić information content (AvgIpc) is 3.22. The van der Waals surface area contributed by atoms with Gasteiger partial charge in [0.05, 0.1) is 11.8 Å². The number of amides is 1. The van der Waals surface area contributed by atoms with E-state index in [4.69, 9.17) is 4.98 Å². The number of anilines is 2. The number of piperidine rings is 1. The number of likely N-dealkylation sites (tertiary alicyclic amines) is 1. The molecule has 0 spiro atoms. The summed E-state index contributed by atoms with van der Waals surface area (Å²) >= 11 is 0. The van der Waals surface area contributed by atoms with E-state index in [1.807, 2.05) is 17.2 Å². The summed E-state index contributed by atoms with van der Waals surface area (Å²) < 4.78 is 25.7. The van der Waals surface area contributed by atoms with Crippen LogP contribution >= 0.6 is 0 Å². The fourth-order valence-corrected chi connectivity index (χ4v) is 5.55. The Hall–Kier alpha value is -3.07. The molecule has 2 aromatic heterocycles. The van der Waals surface area contributed by atoms with Crippen LogP contribution in [0.1, 0.15) is 49.5 Å². The number of fused-ring (bicyclic) bond motifs is 1. The highest BCUT2D eigenvalue weighted by Gasteiger charge is 2.29. The van der Waals surface area contributed by atoms with E-state index in [1.54, 1.807) is 24.4 Å². The number of carbonyl (C=O) groups is 1. The molecule has 8 nitrogen and oxygen atoms in total. The molecule has 0 radical (unpaired) electrons. The molecule has 0 bridgehead atoms. The highest BCUT2D eigenvalue weighted by atomic mass is 32.2. The number of hydrogen-bond acceptors (Lipinski definition) is 5. The van der Waals surface area contributed by atoms with Gasteiger partial charge in [-0.1, -0.05) is 19.9 Å². The zero-order valence-corrected chi connectivity index (χ0v) is 21.7. The molecule has 1 aliphatic heterocycles. The van der Waals surface area contributed by atoms with Crippen molar-refractivity contribution in [3.8, 4) is 0 Å². The summed E-state index contributed by atoms with van der Waals surface area (Å²) in [5.41, 5.74) is 3.08. The van der Waals surface area contributed by atoms with Crippen molar-refractivity contribution < 1.29 is 13.2 Å². The summed E-state index contributed by atoms with van der Waals surface area (Å²) in [5.74, 6) is 1.59. The number of rotatable bonds is 8. The number of nitrogens with one attached hydrogen (secondary N) is 2. The normalized spacial score (nSPS) is 15.1. The van der Waals surface area contributed by atoms with Crippen molar-refractivity contribution in [3.63, 3.8) is 0 Å². The van der Waals surface area contributed by atoms with Gasteiger partial charge in [0.1, 0.15) is 5.82 Å². The lowest BCUT2D eigenvalue weighted by molar-refractivity contribution is 0.0714. The van der Waals surface area contributed by atoms with Gasteiger partial charge in [-0.15, -0.1) is 0 Å². The van der Waals surface area contributed by atoms with Crippen LogP contribution < -0.4 is 9.62 Å². The van der Waals surface area contributed by atoms with Crippen molar-refractivity contribution in [2.24, 2.45) is 5.92 Å². The van der Waals surface area contributed by atoms with Crippen LogP contribution in [-0.2, 0) is 16.4 Å². The van der Waals surface area contributed by atoms with E-state index >= 15 is 0 Å². The average molecular weight is 498 g/mol. The fourth-order valence-electron chi connectivity index (χ4n) is 5.00. The maximum atomic E-state index is 13.4. The number of aromatic nitrogens is 2. The van der Waals surface area contributed by atoms with Crippen molar-refractivity contribution in [2.45, 2.75) is 46.1 Å². The van der Waals surface area contributed by atoms with Crippen molar-refractivity contribution in [2.75, 3.05) is 35.5 Å². The van der Waals surface area contributed by atoms with Gasteiger partial charge in [0, 0.05) is 54.7 Å². The second-order valence-corrected chi connectivity index (χ2v) is 11.5. The van der Waals surface area contributed by atoms with E-state index in [0.29, 0.717) is 41.7 Å². The first kappa shape index (κ1) is 25.0.